The number of anilines is 1. The van der Waals surface area contributed by atoms with Crippen LogP contribution in [0.3, 0.4) is 0 Å². The molecule has 1 aliphatic heterocycles. The predicted molar refractivity (Wildman–Crippen MR) is 74.3 cm³/mol. The van der Waals surface area contributed by atoms with Crippen LogP contribution in [-0.4, -0.2) is 20.7 Å². The highest BCUT2D eigenvalue weighted by Crippen LogP contribution is 2.38. The van der Waals surface area contributed by atoms with Gasteiger partial charge in [-0.15, -0.1) is 0 Å². The zero-order chi connectivity index (χ0) is 13.5. The van der Waals surface area contributed by atoms with E-state index >= 15 is 0 Å². The van der Waals surface area contributed by atoms with Crippen molar-refractivity contribution in [3.63, 3.8) is 0 Å². The first-order valence-corrected chi connectivity index (χ1v) is 7.07. The molecule has 2 aliphatic rings. The fourth-order valence-electron chi connectivity index (χ4n) is 2.83. The van der Waals surface area contributed by atoms with Gasteiger partial charge in [0.15, 0.2) is 0 Å². The summed E-state index contributed by atoms with van der Waals surface area (Å²) >= 11 is 0. The molecule has 1 saturated carbocycles. The van der Waals surface area contributed by atoms with E-state index in [1.165, 1.54) is 12.8 Å². The molecule has 0 aromatic carbocycles. The monoisotopic (exact) mass is 268 g/mol. The van der Waals surface area contributed by atoms with Crippen molar-refractivity contribution in [3.8, 4) is 0 Å². The lowest BCUT2D eigenvalue weighted by Gasteiger charge is -2.23. The Morgan fingerprint density at radius 1 is 1.35 bits per heavy atom. The maximum Gasteiger partial charge on any atom is 0.226 e. The molecule has 3 heterocycles. The van der Waals surface area contributed by atoms with E-state index in [4.69, 9.17) is 0 Å². The fourth-order valence-corrected chi connectivity index (χ4v) is 2.83. The highest BCUT2D eigenvalue weighted by molar-refractivity contribution is 5.94. The number of fused-ring (bicyclic) bond motifs is 1. The zero-order valence-corrected chi connectivity index (χ0v) is 11.1. The van der Waals surface area contributed by atoms with Crippen LogP contribution >= 0.6 is 0 Å². The zero-order valence-electron chi connectivity index (χ0n) is 11.1. The number of aromatic nitrogens is 3. The molecule has 1 atom stereocenters. The highest BCUT2D eigenvalue weighted by Gasteiger charge is 2.31. The molecule has 102 valence electrons. The van der Waals surface area contributed by atoms with Gasteiger partial charge in [0.05, 0.1) is 6.20 Å². The van der Waals surface area contributed by atoms with Crippen LogP contribution in [0.15, 0.2) is 30.7 Å². The summed E-state index contributed by atoms with van der Waals surface area (Å²) in [5.41, 5.74) is 2.19. The minimum Gasteiger partial charge on any atom is -0.311 e. The Hall–Kier alpha value is -2.17. The van der Waals surface area contributed by atoms with Gasteiger partial charge in [-0.1, -0.05) is 6.07 Å². The van der Waals surface area contributed by atoms with Gasteiger partial charge in [0.25, 0.3) is 0 Å². The maximum atomic E-state index is 12.0. The Morgan fingerprint density at radius 2 is 2.25 bits per heavy atom. The summed E-state index contributed by atoms with van der Waals surface area (Å²) in [6.07, 6.45) is 8.50. The second kappa shape index (κ2) is 4.44. The number of hydrogen-bond acceptors (Lipinski definition) is 3. The van der Waals surface area contributed by atoms with Gasteiger partial charge in [-0.3, -0.25) is 9.78 Å². The molecule has 1 fully saturated rings. The van der Waals surface area contributed by atoms with Crippen LogP contribution in [0, 0.1) is 5.92 Å². The van der Waals surface area contributed by atoms with Gasteiger partial charge in [0.1, 0.15) is 5.82 Å². The van der Waals surface area contributed by atoms with E-state index in [-0.39, 0.29) is 11.8 Å². The topological polar surface area (TPSA) is 59.8 Å². The number of hydrogen-bond donors (Lipinski definition) is 1. The van der Waals surface area contributed by atoms with Gasteiger partial charge >= 0.3 is 0 Å². The molecule has 20 heavy (non-hydrogen) atoms. The molecule has 0 radical (unpaired) electrons. The first kappa shape index (κ1) is 11.6. The molecule has 2 aromatic rings. The van der Waals surface area contributed by atoms with Crippen LogP contribution in [0.2, 0.25) is 0 Å². The Morgan fingerprint density at radius 3 is 3.00 bits per heavy atom. The largest absolute Gasteiger partial charge is 0.311 e. The van der Waals surface area contributed by atoms with Crippen molar-refractivity contribution in [2.75, 3.05) is 5.32 Å². The van der Waals surface area contributed by atoms with Crippen LogP contribution in [0.4, 0.5) is 5.82 Å². The van der Waals surface area contributed by atoms with Crippen LogP contribution in [0.25, 0.3) is 0 Å². The Bertz CT molecular complexity index is 645. The van der Waals surface area contributed by atoms with E-state index in [2.05, 4.69) is 15.4 Å². The van der Waals surface area contributed by atoms with Crippen LogP contribution < -0.4 is 5.32 Å². The summed E-state index contributed by atoms with van der Waals surface area (Å²) in [4.78, 5) is 16.2. The minimum absolute atomic E-state index is 0.0592. The number of carbonyl (C=O) groups excluding carboxylic acids is 1. The van der Waals surface area contributed by atoms with E-state index in [0.717, 1.165) is 29.4 Å². The van der Waals surface area contributed by atoms with Gasteiger partial charge in [-0.2, -0.15) is 5.10 Å². The van der Waals surface area contributed by atoms with Crippen molar-refractivity contribution in [3.05, 3.63) is 41.9 Å². The number of rotatable bonds is 3. The Balaban J connectivity index is 1.73. The number of pyridine rings is 1. The molecule has 1 amide bonds. The highest BCUT2D eigenvalue weighted by atomic mass is 16.1. The molecule has 0 spiro atoms. The number of nitrogens with zero attached hydrogens (tertiary/aromatic N) is 3. The SMILES string of the molecule is O=C1C[C@@H](c2cccnc2)c2cnn(CC3CC3)c2N1. The summed E-state index contributed by atoms with van der Waals surface area (Å²) in [5, 5.41) is 7.45. The summed E-state index contributed by atoms with van der Waals surface area (Å²) in [6, 6.07) is 3.94. The standard InChI is InChI=1S/C15H16N4O/c20-14-6-12(11-2-1-5-16-7-11)13-8-17-19(15(13)18-14)9-10-3-4-10/h1-2,5,7-8,10,12H,3-4,6,9H2,(H,18,20)/t12-/m0/s1. The molecular formula is C15H16N4O. The minimum atomic E-state index is 0.0592. The normalized spacial score (nSPS) is 21.4. The molecule has 5 nitrogen and oxygen atoms in total. The Labute approximate surface area is 117 Å². The molecule has 4 rings (SSSR count). The second-order valence-electron chi connectivity index (χ2n) is 5.67. The third-order valence-electron chi connectivity index (χ3n) is 4.11. The van der Waals surface area contributed by atoms with Gasteiger partial charge in [-0.25, -0.2) is 4.68 Å². The average Bonchev–Trinajstić information content (AvgIpc) is 3.20. The van der Waals surface area contributed by atoms with Gasteiger partial charge in [0.2, 0.25) is 5.91 Å². The van der Waals surface area contributed by atoms with Crippen molar-refractivity contribution in [2.24, 2.45) is 5.92 Å². The quantitative estimate of drug-likeness (QED) is 0.928. The van der Waals surface area contributed by atoms with Crippen LogP contribution in [0.5, 0.6) is 0 Å². The van der Waals surface area contributed by atoms with Crippen molar-refractivity contribution in [1.29, 1.82) is 0 Å². The average molecular weight is 268 g/mol. The van der Waals surface area contributed by atoms with E-state index in [1.807, 2.05) is 29.2 Å². The molecule has 1 aliphatic carbocycles. The lowest BCUT2D eigenvalue weighted by atomic mass is 9.88. The van der Waals surface area contributed by atoms with Crippen molar-refractivity contribution < 1.29 is 4.79 Å². The van der Waals surface area contributed by atoms with E-state index in [1.54, 1.807) is 6.20 Å². The van der Waals surface area contributed by atoms with E-state index in [0.29, 0.717) is 6.42 Å². The predicted octanol–water partition coefficient (Wildman–Crippen LogP) is 2.16. The van der Waals surface area contributed by atoms with E-state index < -0.39 is 0 Å². The summed E-state index contributed by atoms with van der Waals surface area (Å²) in [5.74, 6) is 1.74. The van der Waals surface area contributed by atoms with Crippen LogP contribution in [-0.2, 0) is 11.3 Å². The Kier molecular flexibility index (Phi) is 2.58. The number of nitrogens with one attached hydrogen (secondary N) is 1. The van der Waals surface area contributed by atoms with Gasteiger partial charge in [-0.05, 0) is 30.4 Å². The molecule has 0 bridgehead atoms. The molecular weight excluding hydrogens is 252 g/mol. The van der Waals surface area contributed by atoms with E-state index in [9.17, 15) is 4.79 Å². The fraction of sp³-hybridized carbons (Fsp3) is 0.400. The van der Waals surface area contributed by atoms with Crippen molar-refractivity contribution in [2.45, 2.75) is 31.7 Å². The first-order valence-electron chi connectivity index (χ1n) is 7.07. The van der Waals surface area contributed by atoms with Crippen LogP contribution in [0.1, 0.15) is 36.3 Å². The maximum absolute atomic E-state index is 12.0. The lowest BCUT2D eigenvalue weighted by molar-refractivity contribution is -0.116. The summed E-state index contributed by atoms with van der Waals surface area (Å²) in [7, 11) is 0. The molecule has 5 heteroatoms. The molecule has 2 aromatic heterocycles. The van der Waals surface area contributed by atoms with Crippen molar-refractivity contribution >= 4 is 11.7 Å². The number of carbonyl (C=O) groups is 1. The third-order valence-corrected chi connectivity index (χ3v) is 4.11. The molecule has 0 unspecified atom stereocenters. The summed E-state index contributed by atoms with van der Waals surface area (Å²) in [6.45, 7) is 0.912. The lowest BCUT2D eigenvalue weighted by Crippen LogP contribution is -2.25. The van der Waals surface area contributed by atoms with Gasteiger partial charge in [0, 0.05) is 36.8 Å². The summed E-state index contributed by atoms with van der Waals surface area (Å²) < 4.78 is 1.95. The first-order chi connectivity index (χ1) is 9.81. The molecule has 1 N–H and O–H groups in total. The smallest absolute Gasteiger partial charge is 0.226 e. The van der Waals surface area contributed by atoms with Crippen molar-refractivity contribution in [1.82, 2.24) is 14.8 Å². The second-order valence-corrected chi connectivity index (χ2v) is 5.67. The van der Waals surface area contributed by atoms with Gasteiger partial charge < -0.3 is 5.32 Å². The third kappa shape index (κ3) is 1.99. The molecule has 0 saturated heterocycles. The number of amides is 1.